The molecule has 0 aliphatic heterocycles. The Labute approximate surface area is 70.0 Å². The van der Waals surface area contributed by atoms with Crippen molar-refractivity contribution in [3.05, 3.63) is 11.6 Å². The molecule has 0 unspecified atom stereocenters. The number of hydrogen-bond donors (Lipinski definition) is 5. The molecule has 5 heteroatoms. The summed E-state index contributed by atoms with van der Waals surface area (Å²) in [5.41, 5.74) is 23.1. The van der Waals surface area contributed by atoms with Crippen molar-refractivity contribution in [2.24, 2.45) is 5.73 Å². The number of hydrogen-bond acceptors (Lipinski definition) is 5. The van der Waals surface area contributed by atoms with E-state index in [2.05, 4.69) is 0 Å². The smallest absolute Gasteiger partial charge is 0.124 e. The van der Waals surface area contributed by atoms with Gasteiger partial charge in [-0.15, -0.1) is 0 Å². The molecule has 0 aromatic heterocycles. The standard InChI is InChI=1S/C7H12N4O/c8-2-3-5(12)1-4(9)7(11)6(3)10/h1,12H,2,8-11H2. The van der Waals surface area contributed by atoms with Gasteiger partial charge in [-0.3, -0.25) is 0 Å². The number of benzene rings is 1. The van der Waals surface area contributed by atoms with E-state index in [4.69, 9.17) is 22.9 Å². The lowest BCUT2D eigenvalue weighted by Crippen LogP contribution is -2.07. The summed E-state index contributed by atoms with van der Waals surface area (Å²) in [4.78, 5) is 0. The fourth-order valence-corrected chi connectivity index (χ4v) is 0.983. The highest BCUT2D eigenvalue weighted by atomic mass is 16.3. The second kappa shape index (κ2) is 2.78. The lowest BCUT2D eigenvalue weighted by atomic mass is 10.1. The van der Waals surface area contributed by atoms with Crippen molar-refractivity contribution in [3.8, 4) is 5.75 Å². The van der Waals surface area contributed by atoms with E-state index in [1.807, 2.05) is 0 Å². The van der Waals surface area contributed by atoms with Crippen molar-refractivity contribution in [1.29, 1.82) is 0 Å². The highest BCUT2D eigenvalue weighted by Gasteiger charge is 2.09. The largest absolute Gasteiger partial charge is 0.507 e. The van der Waals surface area contributed by atoms with Crippen LogP contribution in [0.15, 0.2) is 6.07 Å². The molecule has 0 bridgehead atoms. The molecule has 0 spiro atoms. The monoisotopic (exact) mass is 168 g/mol. The molecule has 0 heterocycles. The summed E-state index contributed by atoms with van der Waals surface area (Å²) in [6, 6.07) is 1.34. The molecule has 1 rings (SSSR count). The lowest BCUT2D eigenvalue weighted by molar-refractivity contribution is 0.469. The van der Waals surface area contributed by atoms with Gasteiger partial charge in [-0.1, -0.05) is 0 Å². The van der Waals surface area contributed by atoms with Crippen LogP contribution in [-0.2, 0) is 6.54 Å². The van der Waals surface area contributed by atoms with Crippen LogP contribution < -0.4 is 22.9 Å². The fourth-order valence-electron chi connectivity index (χ4n) is 0.983. The van der Waals surface area contributed by atoms with Gasteiger partial charge in [-0.05, 0) is 0 Å². The lowest BCUT2D eigenvalue weighted by Gasteiger charge is -2.10. The summed E-state index contributed by atoms with van der Waals surface area (Å²) in [5, 5.41) is 9.30. The van der Waals surface area contributed by atoms with E-state index in [9.17, 15) is 5.11 Å². The molecule has 9 N–H and O–H groups in total. The van der Waals surface area contributed by atoms with E-state index < -0.39 is 0 Å². The highest BCUT2D eigenvalue weighted by molar-refractivity contribution is 5.82. The van der Waals surface area contributed by atoms with Gasteiger partial charge in [-0.2, -0.15) is 0 Å². The minimum absolute atomic E-state index is 0.0123. The zero-order valence-corrected chi connectivity index (χ0v) is 6.54. The average molecular weight is 168 g/mol. The number of rotatable bonds is 1. The van der Waals surface area contributed by atoms with E-state index in [1.54, 1.807) is 0 Å². The third-order valence-electron chi connectivity index (χ3n) is 1.73. The van der Waals surface area contributed by atoms with Gasteiger partial charge in [0.1, 0.15) is 5.75 Å². The molecule has 0 amide bonds. The Morgan fingerprint density at radius 2 is 1.75 bits per heavy atom. The van der Waals surface area contributed by atoms with Crippen molar-refractivity contribution in [2.75, 3.05) is 17.2 Å². The second-order valence-electron chi connectivity index (χ2n) is 2.49. The van der Waals surface area contributed by atoms with Gasteiger partial charge < -0.3 is 28.0 Å². The molecule has 5 nitrogen and oxygen atoms in total. The van der Waals surface area contributed by atoms with Crippen LogP contribution in [0.2, 0.25) is 0 Å². The molecular formula is C7H12N4O. The van der Waals surface area contributed by atoms with Crippen LogP contribution in [0.25, 0.3) is 0 Å². The molecule has 1 aromatic rings. The predicted octanol–water partition coefficient (Wildman–Crippen LogP) is -0.403. The van der Waals surface area contributed by atoms with Crippen LogP contribution in [0.5, 0.6) is 5.75 Å². The Balaban J connectivity index is 3.40. The minimum atomic E-state index is -0.0123. The van der Waals surface area contributed by atoms with Gasteiger partial charge >= 0.3 is 0 Å². The summed E-state index contributed by atoms with van der Waals surface area (Å²) >= 11 is 0. The third-order valence-corrected chi connectivity index (χ3v) is 1.73. The van der Waals surface area contributed by atoms with Crippen molar-refractivity contribution < 1.29 is 5.11 Å². The first-order valence-electron chi connectivity index (χ1n) is 3.43. The average Bonchev–Trinajstić information content (AvgIpc) is 2.01. The maximum absolute atomic E-state index is 9.30. The predicted molar refractivity (Wildman–Crippen MR) is 49.2 cm³/mol. The number of phenols is 1. The molecule has 12 heavy (non-hydrogen) atoms. The molecular weight excluding hydrogens is 156 g/mol. The van der Waals surface area contributed by atoms with Gasteiger partial charge in [0.25, 0.3) is 0 Å². The van der Waals surface area contributed by atoms with Gasteiger partial charge in [0.15, 0.2) is 0 Å². The van der Waals surface area contributed by atoms with E-state index in [1.165, 1.54) is 6.07 Å². The van der Waals surface area contributed by atoms with Crippen molar-refractivity contribution >= 4 is 17.1 Å². The van der Waals surface area contributed by atoms with Gasteiger partial charge in [0.05, 0.1) is 17.1 Å². The van der Waals surface area contributed by atoms with Crippen molar-refractivity contribution in [3.63, 3.8) is 0 Å². The van der Waals surface area contributed by atoms with E-state index in [0.29, 0.717) is 5.56 Å². The molecule has 0 aliphatic rings. The Morgan fingerprint density at radius 1 is 1.17 bits per heavy atom. The molecule has 0 atom stereocenters. The Bertz CT molecular complexity index is 311. The normalized spacial score (nSPS) is 10.1. The Kier molecular flexibility index (Phi) is 1.97. The van der Waals surface area contributed by atoms with Gasteiger partial charge in [0, 0.05) is 18.2 Å². The first-order chi connectivity index (χ1) is 5.57. The van der Waals surface area contributed by atoms with Crippen molar-refractivity contribution in [1.82, 2.24) is 0 Å². The second-order valence-corrected chi connectivity index (χ2v) is 2.49. The maximum atomic E-state index is 9.30. The maximum Gasteiger partial charge on any atom is 0.124 e. The molecule has 0 radical (unpaired) electrons. The number of phenolic OH excluding ortho intramolecular Hbond substituents is 1. The van der Waals surface area contributed by atoms with Gasteiger partial charge in [0.2, 0.25) is 0 Å². The summed E-state index contributed by atoms with van der Waals surface area (Å²) in [5.74, 6) is -0.0123. The van der Waals surface area contributed by atoms with E-state index in [0.717, 1.165) is 0 Å². The molecule has 66 valence electrons. The Hall–Kier alpha value is -1.62. The minimum Gasteiger partial charge on any atom is -0.507 e. The van der Waals surface area contributed by atoms with Crippen LogP contribution in [0.3, 0.4) is 0 Å². The van der Waals surface area contributed by atoms with Crippen molar-refractivity contribution in [2.45, 2.75) is 6.54 Å². The van der Waals surface area contributed by atoms with Crippen LogP contribution in [0.1, 0.15) is 5.56 Å². The zero-order valence-electron chi connectivity index (χ0n) is 6.54. The number of nitrogen functional groups attached to an aromatic ring is 3. The van der Waals surface area contributed by atoms with Crippen LogP contribution in [0.4, 0.5) is 17.1 Å². The van der Waals surface area contributed by atoms with Crippen LogP contribution in [-0.4, -0.2) is 5.11 Å². The number of aromatic hydroxyl groups is 1. The zero-order chi connectivity index (χ0) is 9.30. The summed E-state index contributed by atoms with van der Waals surface area (Å²) in [7, 11) is 0. The summed E-state index contributed by atoms with van der Waals surface area (Å²) in [6.07, 6.45) is 0. The Morgan fingerprint density at radius 3 is 2.25 bits per heavy atom. The topological polar surface area (TPSA) is 124 Å². The number of anilines is 3. The molecule has 1 aromatic carbocycles. The molecule has 0 aliphatic carbocycles. The van der Waals surface area contributed by atoms with E-state index >= 15 is 0 Å². The van der Waals surface area contributed by atoms with Crippen LogP contribution in [0, 0.1) is 0 Å². The summed E-state index contributed by atoms with van der Waals surface area (Å²) in [6.45, 7) is 0.141. The van der Waals surface area contributed by atoms with Gasteiger partial charge in [-0.25, -0.2) is 0 Å². The SMILES string of the molecule is NCc1c(O)cc(N)c(N)c1N. The third kappa shape index (κ3) is 1.10. The van der Waals surface area contributed by atoms with Crippen LogP contribution >= 0.6 is 0 Å². The quantitative estimate of drug-likeness (QED) is 0.288. The molecule has 0 saturated carbocycles. The molecule has 0 fully saturated rings. The fraction of sp³-hybridized carbons (Fsp3) is 0.143. The molecule has 0 saturated heterocycles. The first-order valence-corrected chi connectivity index (χ1v) is 3.43. The number of nitrogens with two attached hydrogens (primary N) is 4. The van der Waals surface area contributed by atoms with E-state index in [-0.39, 0.29) is 29.4 Å². The first kappa shape index (κ1) is 8.48. The summed E-state index contributed by atoms with van der Waals surface area (Å²) < 4.78 is 0. The highest BCUT2D eigenvalue weighted by Crippen LogP contribution is 2.33.